The van der Waals surface area contributed by atoms with Gasteiger partial charge in [0.25, 0.3) is 0 Å². The van der Waals surface area contributed by atoms with Crippen LogP contribution in [-0.4, -0.2) is 114 Å². The molecule has 1 saturated heterocycles. The first-order chi connectivity index (χ1) is 25.6. The van der Waals surface area contributed by atoms with Crippen LogP contribution in [0.5, 0.6) is 0 Å². The maximum Gasteiger partial charge on any atom is 0.226 e. The molecule has 1 aliphatic heterocycles. The summed E-state index contributed by atoms with van der Waals surface area (Å²) in [6, 6.07) is 7.36. The summed E-state index contributed by atoms with van der Waals surface area (Å²) in [5.41, 5.74) is 1.17. The third-order valence-electron chi connectivity index (χ3n) is 12.2. The number of nitrogens with zero attached hydrogens (tertiary/aromatic N) is 4. The zero-order valence-electron chi connectivity index (χ0n) is 35.1. The van der Waals surface area contributed by atoms with Crippen LogP contribution in [0.2, 0.25) is 0 Å². The number of hydrogen-bond acceptors (Lipinski definition) is 8. The molecule has 8 atom stereocenters. The van der Waals surface area contributed by atoms with E-state index in [2.05, 4.69) is 37.0 Å². The van der Waals surface area contributed by atoms with E-state index in [0.717, 1.165) is 36.5 Å². The molecule has 1 fully saturated rings. The summed E-state index contributed by atoms with van der Waals surface area (Å²) in [5, 5.41) is 12.8. The Balaban J connectivity index is 1.71. The van der Waals surface area contributed by atoms with E-state index in [1.165, 1.54) is 5.56 Å². The number of likely N-dealkylation sites (N-methyl/N-ethyl adjacent to an activating group) is 2. The summed E-state index contributed by atoms with van der Waals surface area (Å²) in [4.78, 5) is 65.2. The first kappa shape index (κ1) is 45.2. The third kappa shape index (κ3) is 11.4. The largest absolute Gasteiger partial charge is 0.396 e. The predicted octanol–water partition coefficient (Wildman–Crippen LogP) is 6.46. The molecule has 0 radical (unpaired) electrons. The van der Waals surface area contributed by atoms with E-state index in [0.29, 0.717) is 19.4 Å². The second-order valence-electron chi connectivity index (χ2n) is 16.8. The summed E-state index contributed by atoms with van der Waals surface area (Å²) in [6.45, 7) is 14.4. The van der Waals surface area contributed by atoms with Gasteiger partial charge in [-0.15, -0.1) is 0 Å². The molecule has 2 heterocycles. The first-order valence-corrected chi connectivity index (χ1v) is 20.3. The van der Waals surface area contributed by atoms with Crippen molar-refractivity contribution in [3.63, 3.8) is 0 Å². The molecule has 3 rings (SSSR count). The van der Waals surface area contributed by atoms with Gasteiger partial charge in [0, 0.05) is 81.7 Å². The molecule has 10 nitrogen and oxygen atoms in total. The van der Waals surface area contributed by atoms with E-state index in [-0.39, 0.29) is 78.6 Å². The Morgan fingerprint density at radius 2 is 1.67 bits per heavy atom. The molecule has 302 valence electrons. The second kappa shape index (κ2) is 21.2. The average Bonchev–Trinajstić information content (AvgIpc) is 3.62. The number of hydrogen-bond donors (Lipinski definition) is 1. The summed E-state index contributed by atoms with van der Waals surface area (Å²) in [7, 11) is 7.18. The average molecular weight is 751 g/mol. The molecule has 1 aromatic heterocycles. The van der Waals surface area contributed by atoms with Crippen molar-refractivity contribution in [1.82, 2.24) is 19.7 Å². The van der Waals surface area contributed by atoms with E-state index < -0.39 is 24.0 Å². The number of Topliss-reactive ketones (excluding diaryl/α,β-unsaturated/α-hetero) is 2. The van der Waals surface area contributed by atoms with Gasteiger partial charge < -0.3 is 19.6 Å². The number of amides is 2. The Labute approximate surface area is 325 Å². The van der Waals surface area contributed by atoms with Crippen molar-refractivity contribution in [2.24, 2.45) is 35.5 Å². The summed E-state index contributed by atoms with van der Waals surface area (Å²) in [6.07, 6.45) is 7.47. The molecule has 0 saturated carbocycles. The number of carbonyl (C=O) groups excluding carboxylic acids is 4. The molecule has 2 amide bonds. The van der Waals surface area contributed by atoms with Gasteiger partial charge in [0.15, 0.2) is 5.78 Å². The fourth-order valence-corrected chi connectivity index (χ4v) is 8.86. The van der Waals surface area contributed by atoms with Gasteiger partial charge in [-0.2, -0.15) is 0 Å². The van der Waals surface area contributed by atoms with Gasteiger partial charge in [-0.1, -0.05) is 73.1 Å². The molecule has 0 spiro atoms. The maximum absolute atomic E-state index is 14.3. The lowest BCUT2D eigenvalue weighted by Gasteiger charge is -2.41. The van der Waals surface area contributed by atoms with Crippen molar-refractivity contribution in [3.8, 4) is 0 Å². The number of ether oxygens (including phenoxy) is 1. The van der Waals surface area contributed by atoms with Crippen molar-refractivity contribution in [1.29, 1.82) is 0 Å². The molecular weight excluding hydrogens is 681 g/mol. The van der Waals surface area contributed by atoms with Gasteiger partial charge in [0.05, 0.1) is 24.6 Å². The van der Waals surface area contributed by atoms with Crippen LogP contribution in [0.25, 0.3) is 10.8 Å². The number of aliphatic hydroxyl groups excluding tert-OH is 1. The Hall–Kier alpha value is -3.21. The Bertz CT molecular complexity index is 1520. The summed E-state index contributed by atoms with van der Waals surface area (Å²) in [5.74, 6) is -1.22. The minimum Gasteiger partial charge on any atom is -0.396 e. The number of likely N-dealkylation sites (tertiary alicyclic amines) is 1. The number of aliphatic hydroxyl groups is 1. The van der Waals surface area contributed by atoms with E-state index in [1.54, 1.807) is 25.3 Å². The van der Waals surface area contributed by atoms with Crippen LogP contribution in [0.3, 0.4) is 0 Å². The van der Waals surface area contributed by atoms with Crippen LogP contribution in [0.4, 0.5) is 0 Å². The molecule has 0 bridgehead atoms. The lowest BCUT2D eigenvalue weighted by atomic mass is 9.82. The standard InChI is InChI=1S/C44H70N4O6/c1-12-30(6)43(47(10)44(53)35(28(2)3)24-39(51)42(29(4)5)46(8)9)40(54-11)25-41(52)48-22-14-16-37(48)36(27-49)31(7)38(50)17-13-15-32-18-19-34-26-45-21-20-33(34)23-32/h18-21,23,26,28-31,35-37,40,42-43,49H,12-17,22,24-25,27H2,1-11H3/t30-,31+,35-,36+,37-,40+,42-,43?/m0/s1. The van der Waals surface area contributed by atoms with Gasteiger partial charge in [0.2, 0.25) is 11.8 Å². The fourth-order valence-electron chi connectivity index (χ4n) is 8.86. The van der Waals surface area contributed by atoms with E-state index >= 15 is 0 Å². The smallest absolute Gasteiger partial charge is 0.226 e. The number of ketones is 2. The Morgan fingerprint density at radius 3 is 2.26 bits per heavy atom. The Morgan fingerprint density at radius 1 is 0.963 bits per heavy atom. The van der Waals surface area contributed by atoms with Gasteiger partial charge in [-0.25, -0.2) is 0 Å². The number of aromatic nitrogens is 1. The quantitative estimate of drug-likeness (QED) is 0.146. The zero-order chi connectivity index (χ0) is 40.3. The normalized spacial score (nSPS) is 18.8. The number of carbonyl (C=O) groups is 4. The van der Waals surface area contributed by atoms with E-state index in [9.17, 15) is 24.3 Å². The fraction of sp³-hybridized carbons (Fsp3) is 0.705. The SMILES string of the molecule is CC[C@H](C)C([C@@H](CC(=O)N1CCC[C@H]1[C@H](CO)[C@@H](C)C(=O)CCCc1ccc2cnccc2c1)OC)N(C)C(=O)[C@@H](CC(=O)[C@H](C(C)C)N(C)C)C(C)C. The molecule has 10 heteroatoms. The van der Waals surface area contributed by atoms with Crippen molar-refractivity contribution >= 4 is 34.2 Å². The van der Waals surface area contributed by atoms with Crippen LogP contribution < -0.4 is 0 Å². The monoisotopic (exact) mass is 751 g/mol. The van der Waals surface area contributed by atoms with Crippen LogP contribution in [0.15, 0.2) is 36.7 Å². The topological polar surface area (TPSA) is 120 Å². The number of methoxy groups -OCH3 is 1. The highest BCUT2D eigenvalue weighted by Crippen LogP contribution is 2.33. The summed E-state index contributed by atoms with van der Waals surface area (Å²) >= 11 is 0. The highest BCUT2D eigenvalue weighted by molar-refractivity contribution is 5.90. The first-order valence-electron chi connectivity index (χ1n) is 20.3. The second-order valence-corrected chi connectivity index (χ2v) is 16.8. The van der Waals surface area contributed by atoms with Gasteiger partial charge >= 0.3 is 0 Å². The van der Waals surface area contributed by atoms with E-state index in [4.69, 9.17) is 4.74 Å². The van der Waals surface area contributed by atoms with Gasteiger partial charge in [-0.3, -0.25) is 29.1 Å². The molecule has 1 N–H and O–H groups in total. The minimum atomic E-state index is -0.575. The molecule has 1 unspecified atom stereocenters. The number of aryl methyl sites for hydroxylation is 1. The highest BCUT2D eigenvalue weighted by Gasteiger charge is 2.42. The molecular formula is C44H70N4O6. The van der Waals surface area contributed by atoms with Crippen molar-refractivity contribution < 1.29 is 29.0 Å². The molecule has 2 aromatic rings. The molecule has 1 aromatic carbocycles. The molecule has 54 heavy (non-hydrogen) atoms. The third-order valence-corrected chi connectivity index (χ3v) is 12.2. The van der Waals surface area contributed by atoms with E-state index in [1.807, 2.05) is 70.8 Å². The number of pyridine rings is 1. The van der Waals surface area contributed by atoms with Crippen LogP contribution in [0.1, 0.15) is 99.0 Å². The predicted molar refractivity (Wildman–Crippen MR) is 216 cm³/mol. The number of rotatable bonds is 22. The van der Waals surface area contributed by atoms with Gasteiger partial charge in [-0.05, 0) is 74.5 Å². The van der Waals surface area contributed by atoms with Crippen molar-refractivity contribution in [2.75, 3.05) is 41.4 Å². The van der Waals surface area contributed by atoms with Crippen LogP contribution >= 0.6 is 0 Å². The van der Waals surface area contributed by atoms with Crippen LogP contribution in [-0.2, 0) is 30.3 Å². The molecule has 0 aliphatic carbocycles. The lowest BCUT2D eigenvalue weighted by molar-refractivity contribution is -0.148. The lowest BCUT2D eigenvalue weighted by Crippen LogP contribution is -2.54. The minimum absolute atomic E-state index is 0.0224. The van der Waals surface area contributed by atoms with Crippen molar-refractivity contribution in [3.05, 3.63) is 42.2 Å². The number of benzene rings is 1. The van der Waals surface area contributed by atoms with Crippen molar-refractivity contribution in [2.45, 2.75) is 124 Å². The summed E-state index contributed by atoms with van der Waals surface area (Å²) < 4.78 is 6.05. The van der Waals surface area contributed by atoms with Crippen LogP contribution in [0, 0.1) is 35.5 Å². The highest BCUT2D eigenvalue weighted by atomic mass is 16.5. The van der Waals surface area contributed by atoms with Gasteiger partial charge in [0.1, 0.15) is 5.78 Å². The number of fused-ring (bicyclic) bond motifs is 1. The molecule has 1 aliphatic rings. The zero-order valence-corrected chi connectivity index (χ0v) is 35.1. The maximum atomic E-state index is 14.3. The Kier molecular flexibility index (Phi) is 17.7.